The predicted octanol–water partition coefficient (Wildman–Crippen LogP) is 9.29. The summed E-state index contributed by atoms with van der Waals surface area (Å²) in [6.07, 6.45) is 15.1. The number of carbonyl (C=O) groups is 1. The normalized spacial score (nSPS) is 12.5. The summed E-state index contributed by atoms with van der Waals surface area (Å²) in [5.74, 6) is 0. The van der Waals surface area contributed by atoms with Gasteiger partial charge in [0, 0.05) is 6.07 Å². The number of amides is 1. The second-order valence-electron chi connectivity index (χ2n) is 11.4. The summed E-state index contributed by atoms with van der Waals surface area (Å²) in [5, 5.41) is 22.8. The van der Waals surface area contributed by atoms with E-state index in [1.54, 1.807) is 12.1 Å². The quantitative estimate of drug-likeness (QED) is 0.0441. The van der Waals surface area contributed by atoms with E-state index in [1.165, 1.54) is 51.4 Å². The van der Waals surface area contributed by atoms with Crippen molar-refractivity contribution in [3.63, 3.8) is 0 Å². The largest absolute Gasteiger partial charge is 0.353 e. The molecule has 0 fully saturated rings. The lowest BCUT2D eigenvalue weighted by atomic mass is 10.0. The van der Waals surface area contributed by atoms with Gasteiger partial charge in [0.05, 0.1) is 16.2 Å². The lowest BCUT2D eigenvalue weighted by Gasteiger charge is -2.27. The molecule has 0 aliphatic heterocycles. The van der Waals surface area contributed by atoms with E-state index in [9.17, 15) is 14.9 Å². The Morgan fingerprint density at radius 1 is 0.875 bits per heavy atom. The monoisotopic (exact) mass is 552 g/mol. The predicted molar refractivity (Wildman–Crippen MR) is 161 cm³/mol. The van der Waals surface area contributed by atoms with E-state index in [2.05, 4.69) is 22.5 Å². The Morgan fingerprint density at radius 3 is 2.05 bits per heavy atom. The Hall–Kier alpha value is -3.13. The molecule has 0 saturated heterocycles. The minimum absolute atomic E-state index is 0.0162. The maximum absolute atomic E-state index is 11.7. The summed E-state index contributed by atoms with van der Waals surface area (Å²) < 4.78 is 5.87. The van der Waals surface area contributed by atoms with Gasteiger partial charge in [0.15, 0.2) is 5.69 Å². The molecule has 0 aliphatic rings. The molecule has 2 rings (SSSR count). The lowest BCUT2D eigenvalue weighted by molar-refractivity contribution is -0.384. The Kier molecular flexibility index (Phi) is 15.1. The van der Waals surface area contributed by atoms with Gasteiger partial charge in [-0.3, -0.25) is 14.9 Å². The SMILES string of the molecule is CCCCCCCCCCCCc1ccc(/N=N/c2ccc(CCC(NC=O)OC(C)(C)C)cc2)c([N+](=O)[O-])c1. The van der Waals surface area contributed by atoms with E-state index in [4.69, 9.17) is 4.74 Å². The first kappa shape index (κ1) is 33.1. The highest BCUT2D eigenvalue weighted by molar-refractivity contribution is 5.58. The van der Waals surface area contributed by atoms with E-state index in [1.807, 2.05) is 51.1 Å². The topological polar surface area (TPSA) is 106 Å². The minimum Gasteiger partial charge on any atom is -0.353 e. The number of hydrogen-bond donors (Lipinski definition) is 1. The number of unbranched alkanes of at least 4 members (excludes halogenated alkanes) is 9. The van der Waals surface area contributed by atoms with E-state index in [0.717, 1.165) is 30.4 Å². The highest BCUT2D eigenvalue weighted by atomic mass is 16.6. The Morgan fingerprint density at radius 2 is 1.48 bits per heavy atom. The van der Waals surface area contributed by atoms with Gasteiger partial charge in [-0.2, -0.15) is 5.11 Å². The van der Waals surface area contributed by atoms with E-state index < -0.39 is 0 Å². The molecule has 0 spiro atoms. The fraction of sp³-hybridized carbons (Fsp3) is 0.594. The molecule has 0 saturated carbocycles. The fourth-order valence-corrected chi connectivity index (χ4v) is 4.59. The number of hydrogen-bond acceptors (Lipinski definition) is 6. The van der Waals surface area contributed by atoms with Crippen molar-refractivity contribution in [2.45, 2.75) is 123 Å². The second kappa shape index (κ2) is 18.3. The van der Waals surface area contributed by atoms with Gasteiger partial charge in [0.1, 0.15) is 6.23 Å². The molecule has 0 heterocycles. The van der Waals surface area contributed by atoms with Crippen LogP contribution < -0.4 is 5.32 Å². The third-order valence-corrected chi connectivity index (χ3v) is 6.71. The molecule has 220 valence electrons. The van der Waals surface area contributed by atoms with Crippen LogP contribution in [0.25, 0.3) is 0 Å². The molecule has 1 atom stereocenters. The Bertz CT molecular complexity index is 1050. The van der Waals surface area contributed by atoms with E-state index in [0.29, 0.717) is 24.9 Å². The van der Waals surface area contributed by atoms with Crippen molar-refractivity contribution in [3.05, 3.63) is 63.7 Å². The standard InChI is InChI=1S/C32H48N4O4/c1-5-6-7-8-9-10-11-12-13-14-15-27-18-22-29(30(24-27)36(38)39)35-34-28-20-16-26(17-21-28)19-23-31(33-25-37)40-32(2,3)4/h16-18,20-22,24-25,31H,5-15,19,23H2,1-4H3,(H,33,37)/b35-34+. The molecular formula is C32H48N4O4. The first-order chi connectivity index (χ1) is 19.2. The highest BCUT2D eigenvalue weighted by Crippen LogP contribution is 2.31. The van der Waals surface area contributed by atoms with Crippen molar-refractivity contribution in [2.24, 2.45) is 10.2 Å². The first-order valence-corrected chi connectivity index (χ1v) is 14.9. The number of carbonyl (C=O) groups excluding carboxylic acids is 1. The van der Waals surface area contributed by atoms with Crippen LogP contribution in [-0.2, 0) is 22.4 Å². The van der Waals surface area contributed by atoms with Gasteiger partial charge in [-0.25, -0.2) is 0 Å². The van der Waals surface area contributed by atoms with Crippen molar-refractivity contribution in [1.82, 2.24) is 5.32 Å². The van der Waals surface area contributed by atoms with E-state index in [-0.39, 0.29) is 28.1 Å². The zero-order valence-corrected chi connectivity index (χ0v) is 24.9. The molecule has 0 aromatic heterocycles. The third kappa shape index (κ3) is 13.8. The summed E-state index contributed by atoms with van der Waals surface area (Å²) in [4.78, 5) is 22.2. The molecule has 0 bridgehead atoms. The van der Waals surface area contributed by atoms with Gasteiger partial charge in [0.2, 0.25) is 6.41 Å². The number of nitrogens with one attached hydrogen (secondary N) is 1. The second-order valence-corrected chi connectivity index (χ2v) is 11.4. The van der Waals surface area contributed by atoms with Crippen molar-refractivity contribution in [1.29, 1.82) is 0 Å². The average molecular weight is 553 g/mol. The zero-order chi connectivity index (χ0) is 29.2. The molecule has 2 aromatic carbocycles. The van der Waals surface area contributed by atoms with E-state index >= 15 is 0 Å². The molecule has 8 nitrogen and oxygen atoms in total. The number of nitro benzene ring substituents is 1. The lowest BCUT2D eigenvalue weighted by Crippen LogP contribution is -2.37. The minimum atomic E-state index is -0.386. The van der Waals surface area contributed by atoms with Gasteiger partial charge in [-0.05, 0) is 75.8 Å². The van der Waals surface area contributed by atoms with Crippen LogP contribution in [0, 0.1) is 10.1 Å². The van der Waals surface area contributed by atoms with Crippen LogP contribution in [0.4, 0.5) is 17.1 Å². The number of ether oxygens (including phenoxy) is 1. The van der Waals surface area contributed by atoms with Gasteiger partial charge in [-0.1, -0.05) is 82.9 Å². The molecule has 1 unspecified atom stereocenters. The zero-order valence-electron chi connectivity index (χ0n) is 24.9. The van der Waals surface area contributed by atoms with Crippen LogP contribution >= 0.6 is 0 Å². The van der Waals surface area contributed by atoms with Crippen LogP contribution in [0.3, 0.4) is 0 Å². The van der Waals surface area contributed by atoms with Crippen molar-refractivity contribution in [2.75, 3.05) is 0 Å². The van der Waals surface area contributed by atoms with Crippen LogP contribution in [0.15, 0.2) is 52.7 Å². The Labute approximate surface area is 240 Å². The van der Waals surface area contributed by atoms with Gasteiger partial charge < -0.3 is 10.1 Å². The summed E-state index contributed by atoms with van der Waals surface area (Å²) in [6.45, 7) is 8.08. The number of azo groups is 1. The van der Waals surface area contributed by atoms with Crippen molar-refractivity contribution in [3.8, 4) is 0 Å². The summed E-state index contributed by atoms with van der Waals surface area (Å²) in [5.41, 5.74) is 2.52. The Balaban J connectivity index is 1.85. The molecule has 1 N–H and O–H groups in total. The fourth-order valence-electron chi connectivity index (χ4n) is 4.59. The number of rotatable bonds is 20. The van der Waals surface area contributed by atoms with Crippen LogP contribution in [0.2, 0.25) is 0 Å². The summed E-state index contributed by atoms with van der Waals surface area (Å²) in [7, 11) is 0. The molecule has 1 amide bonds. The number of aryl methyl sites for hydroxylation is 2. The summed E-state index contributed by atoms with van der Waals surface area (Å²) >= 11 is 0. The molecule has 40 heavy (non-hydrogen) atoms. The van der Waals surface area contributed by atoms with Gasteiger partial charge in [0.25, 0.3) is 5.69 Å². The first-order valence-electron chi connectivity index (χ1n) is 14.9. The number of nitro groups is 1. The van der Waals surface area contributed by atoms with Crippen LogP contribution in [0.5, 0.6) is 0 Å². The van der Waals surface area contributed by atoms with Gasteiger partial charge in [-0.15, -0.1) is 5.11 Å². The van der Waals surface area contributed by atoms with Gasteiger partial charge >= 0.3 is 0 Å². The maximum atomic E-state index is 11.7. The molecule has 0 aliphatic carbocycles. The molecule has 8 heteroatoms. The highest BCUT2D eigenvalue weighted by Gasteiger charge is 2.18. The third-order valence-electron chi connectivity index (χ3n) is 6.71. The van der Waals surface area contributed by atoms with Crippen molar-refractivity contribution >= 4 is 23.5 Å². The van der Waals surface area contributed by atoms with Crippen LogP contribution in [-0.4, -0.2) is 23.2 Å². The molecule has 2 aromatic rings. The maximum Gasteiger partial charge on any atom is 0.296 e. The van der Waals surface area contributed by atoms with Crippen molar-refractivity contribution < 1.29 is 14.5 Å². The van der Waals surface area contributed by atoms with Crippen LogP contribution in [0.1, 0.15) is 109 Å². The number of nitrogens with zero attached hydrogens (tertiary/aromatic N) is 3. The smallest absolute Gasteiger partial charge is 0.296 e. The average Bonchev–Trinajstić information content (AvgIpc) is 2.91. The molecular weight excluding hydrogens is 504 g/mol. The molecule has 0 radical (unpaired) electrons. The number of benzene rings is 2. The summed E-state index contributed by atoms with van der Waals surface area (Å²) in [6, 6.07) is 12.8.